The number of aliphatic carboxylic acids is 1. The summed E-state index contributed by atoms with van der Waals surface area (Å²) in [6.45, 7) is 5.71. The second-order valence-electron chi connectivity index (χ2n) is 4.60. The summed E-state index contributed by atoms with van der Waals surface area (Å²) in [4.78, 5) is 26.8. The SMILES string of the molecule is CCc1cnc(CNC(=O)N[C@H](C(=O)O)[C@@H](C)CC)o1. The number of carboxylic acid groups (broad SMARTS) is 1. The highest BCUT2D eigenvalue weighted by atomic mass is 16.4. The number of amides is 2. The van der Waals surface area contributed by atoms with Crippen molar-refractivity contribution in [1.82, 2.24) is 15.6 Å². The average molecular weight is 283 g/mol. The average Bonchev–Trinajstić information content (AvgIpc) is 2.89. The van der Waals surface area contributed by atoms with Crippen molar-refractivity contribution in [3.8, 4) is 0 Å². The van der Waals surface area contributed by atoms with Crippen LogP contribution in [0.25, 0.3) is 0 Å². The number of carbonyl (C=O) groups excluding carboxylic acids is 1. The molecule has 1 heterocycles. The van der Waals surface area contributed by atoms with Crippen LogP contribution in [-0.4, -0.2) is 28.1 Å². The van der Waals surface area contributed by atoms with Gasteiger partial charge in [-0.3, -0.25) is 0 Å². The number of hydrogen-bond acceptors (Lipinski definition) is 4. The molecule has 0 saturated carbocycles. The first kappa shape index (κ1) is 16.0. The number of aryl methyl sites for hydroxylation is 1. The van der Waals surface area contributed by atoms with Crippen molar-refractivity contribution in [3.63, 3.8) is 0 Å². The Bertz CT molecular complexity index is 458. The van der Waals surface area contributed by atoms with Crippen LogP contribution in [0, 0.1) is 5.92 Å². The molecule has 0 aliphatic rings. The van der Waals surface area contributed by atoms with E-state index in [1.807, 2.05) is 13.8 Å². The van der Waals surface area contributed by atoms with Crippen LogP contribution in [0.5, 0.6) is 0 Å². The number of oxazole rings is 1. The van der Waals surface area contributed by atoms with Crippen molar-refractivity contribution in [2.45, 2.75) is 46.2 Å². The molecule has 1 aromatic heterocycles. The number of nitrogens with zero attached hydrogens (tertiary/aromatic N) is 1. The minimum Gasteiger partial charge on any atom is -0.480 e. The third kappa shape index (κ3) is 4.56. The van der Waals surface area contributed by atoms with E-state index in [-0.39, 0.29) is 12.5 Å². The Balaban J connectivity index is 2.47. The van der Waals surface area contributed by atoms with Crippen LogP contribution >= 0.6 is 0 Å². The topological polar surface area (TPSA) is 104 Å². The van der Waals surface area contributed by atoms with Gasteiger partial charge in [-0.2, -0.15) is 0 Å². The predicted octanol–water partition coefficient (Wildman–Crippen LogP) is 1.54. The van der Waals surface area contributed by atoms with Crippen LogP contribution in [0.4, 0.5) is 4.79 Å². The Hall–Kier alpha value is -2.05. The Morgan fingerprint density at radius 2 is 2.15 bits per heavy atom. The van der Waals surface area contributed by atoms with Gasteiger partial charge in [-0.1, -0.05) is 27.2 Å². The Kier molecular flexibility index (Phi) is 6.02. The summed E-state index contributed by atoms with van der Waals surface area (Å²) in [6.07, 6.45) is 3.00. The van der Waals surface area contributed by atoms with E-state index in [9.17, 15) is 9.59 Å². The van der Waals surface area contributed by atoms with Gasteiger partial charge in [-0.05, 0) is 5.92 Å². The minimum absolute atomic E-state index is 0.124. The Labute approximate surface area is 117 Å². The molecule has 2 amide bonds. The molecular formula is C13H21N3O4. The molecule has 7 nitrogen and oxygen atoms in total. The quantitative estimate of drug-likeness (QED) is 0.704. The maximum Gasteiger partial charge on any atom is 0.326 e. The zero-order valence-corrected chi connectivity index (χ0v) is 12.0. The fraction of sp³-hybridized carbons (Fsp3) is 0.615. The number of nitrogens with one attached hydrogen (secondary N) is 2. The zero-order valence-electron chi connectivity index (χ0n) is 12.0. The molecule has 112 valence electrons. The number of carbonyl (C=O) groups is 2. The van der Waals surface area contributed by atoms with Crippen molar-refractivity contribution in [3.05, 3.63) is 17.8 Å². The first-order valence-electron chi connectivity index (χ1n) is 6.68. The fourth-order valence-corrected chi connectivity index (χ4v) is 1.62. The highest BCUT2D eigenvalue weighted by Crippen LogP contribution is 2.08. The van der Waals surface area contributed by atoms with Gasteiger partial charge in [0.05, 0.1) is 12.7 Å². The number of rotatable bonds is 7. The summed E-state index contributed by atoms with van der Waals surface area (Å²) < 4.78 is 5.33. The normalized spacial score (nSPS) is 13.6. The molecule has 0 aliphatic heterocycles. The molecule has 0 spiro atoms. The molecule has 0 saturated heterocycles. The zero-order chi connectivity index (χ0) is 15.1. The van der Waals surface area contributed by atoms with E-state index in [4.69, 9.17) is 9.52 Å². The first-order valence-corrected chi connectivity index (χ1v) is 6.68. The number of carboxylic acids is 1. The Morgan fingerprint density at radius 3 is 2.65 bits per heavy atom. The Morgan fingerprint density at radius 1 is 1.45 bits per heavy atom. The molecule has 7 heteroatoms. The maximum absolute atomic E-state index is 11.7. The van der Waals surface area contributed by atoms with Crippen LogP contribution in [0.1, 0.15) is 38.8 Å². The molecule has 0 aromatic carbocycles. The lowest BCUT2D eigenvalue weighted by molar-refractivity contribution is -0.140. The highest BCUT2D eigenvalue weighted by Gasteiger charge is 2.25. The van der Waals surface area contributed by atoms with Gasteiger partial charge in [0.1, 0.15) is 11.8 Å². The molecule has 1 aromatic rings. The lowest BCUT2D eigenvalue weighted by atomic mass is 9.99. The molecule has 1 rings (SSSR count). The molecular weight excluding hydrogens is 262 g/mol. The van der Waals surface area contributed by atoms with Gasteiger partial charge in [0, 0.05) is 6.42 Å². The van der Waals surface area contributed by atoms with Crippen LogP contribution in [0.15, 0.2) is 10.6 Å². The van der Waals surface area contributed by atoms with Crippen molar-refractivity contribution < 1.29 is 19.1 Å². The van der Waals surface area contributed by atoms with Crippen LogP contribution in [-0.2, 0) is 17.8 Å². The van der Waals surface area contributed by atoms with Gasteiger partial charge in [0.25, 0.3) is 0 Å². The fourth-order valence-electron chi connectivity index (χ4n) is 1.62. The molecule has 0 aliphatic carbocycles. The van der Waals surface area contributed by atoms with Crippen LogP contribution in [0.2, 0.25) is 0 Å². The summed E-state index contributed by atoms with van der Waals surface area (Å²) >= 11 is 0. The molecule has 3 N–H and O–H groups in total. The lowest BCUT2D eigenvalue weighted by Gasteiger charge is -2.20. The van der Waals surface area contributed by atoms with Crippen molar-refractivity contribution in [1.29, 1.82) is 0 Å². The van der Waals surface area contributed by atoms with E-state index >= 15 is 0 Å². The standard InChI is InChI=1S/C13H21N3O4/c1-4-8(3)11(12(17)18)16-13(19)15-7-10-14-6-9(5-2)20-10/h6,8,11H,4-5,7H2,1-3H3,(H,17,18)(H2,15,16,19)/t8-,11-/m0/s1. The van der Waals surface area contributed by atoms with E-state index in [1.54, 1.807) is 13.1 Å². The van der Waals surface area contributed by atoms with Crippen molar-refractivity contribution in [2.75, 3.05) is 0 Å². The summed E-state index contributed by atoms with van der Waals surface area (Å²) in [5.41, 5.74) is 0. The lowest BCUT2D eigenvalue weighted by Crippen LogP contribution is -2.48. The molecule has 0 radical (unpaired) electrons. The van der Waals surface area contributed by atoms with Crippen molar-refractivity contribution >= 4 is 12.0 Å². The largest absolute Gasteiger partial charge is 0.480 e. The molecule has 0 fully saturated rings. The molecule has 20 heavy (non-hydrogen) atoms. The molecule has 0 bridgehead atoms. The van der Waals surface area contributed by atoms with E-state index in [2.05, 4.69) is 15.6 Å². The van der Waals surface area contributed by atoms with E-state index in [0.29, 0.717) is 12.3 Å². The predicted molar refractivity (Wildman–Crippen MR) is 72.1 cm³/mol. The first-order chi connectivity index (χ1) is 9.47. The van der Waals surface area contributed by atoms with Gasteiger partial charge in [0.15, 0.2) is 0 Å². The smallest absolute Gasteiger partial charge is 0.326 e. The van der Waals surface area contributed by atoms with Crippen molar-refractivity contribution in [2.24, 2.45) is 5.92 Å². The van der Waals surface area contributed by atoms with E-state index < -0.39 is 18.0 Å². The van der Waals surface area contributed by atoms with Gasteiger partial charge in [-0.15, -0.1) is 0 Å². The third-order valence-electron chi connectivity index (χ3n) is 3.12. The molecule has 2 atom stereocenters. The van der Waals surface area contributed by atoms with E-state index in [0.717, 1.165) is 12.2 Å². The van der Waals surface area contributed by atoms with Gasteiger partial charge in [0.2, 0.25) is 5.89 Å². The maximum atomic E-state index is 11.7. The summed E-state index contributed by atoms with van der Waals surface area (Å²) in [7, 11) is 0. The van der Waals surface area contributed by atoms with Crippen LogP contribution < -0.4 is 10.6 Å². The second-order valence-corrected chi connectivity index (χ2v) is 4.60. The minimum atomic E-state index is -1.04. The number of hydrogen-bond donors (Lipinski definition) is 3. The summed E-state index contributed by atoms with van der Waals surface area (Å²) in [6, 6.07) is -1.45. The highest BCUT2D eigenvalue weighted by molar-refractivity contribution is 5.82. The van der Waals surface area contributed by atoms with Gasteiger partial charge < -0.3 is 20.2 Å². The second kappa shape index (κ2) is 7.52. The molecule has 0 unspecified atom stereocenters. The summed E-state index contributed by atoms with van der Waals surface area (Å²) in [5, 5.41) is 14.0. The van der Waals surface area contributed by atoms with Crippen LogP contribution in [0.3, 0.4) is 0 Å². The van der Waals surface area contributed by atoms with Gasteiger partial charge in [-0.25, -0.2) is 14.6 Å². The van der Waals surface area contributed by atoms with E-state index in [1.165, 1.54) is 0 Å². The number of aromatic nitrogens is 1. The monoisotopic (exact) mass is 283 g/mol. The van der Waals surface area contributed by atoms with Gasteiger partial charge >= 0.3 is 12.0 Å². The number of urea groups is 1. The third-order valence-corrected chi connectivity index (χ3v) is 3.12. The summed E-state index contributed by atoms with van der Waals surface area (Å²) in [5.74, 6) is -0.0526.